The summed E-state index contributed by atoms with van der Waals surface area (Å²) in [6.07, 6.45) is -0.646. The monoisotopic (exact) mass is 331 g/mol. The summed E-state index contributed by atoms with van der Waals surface area (Å²) >= 11 is 0. The first-order valence-corrected chi connectivity index (χ1v) is 7.87. The number of alkyl carbamates (subject to hydrolysis) is 1. The van der Waals surface area contributed by atoms with Gasteiger partial charge in [0.1, 0.15) is 0 Å². The maximum Gasteiger partial charge on any atom is 0.410 e. The summed E-state index contributed by atoms with van der Waals surface area (Å²) < 4.78 is 10.1. The lowest BCUT2D eigenvalue weighted by molar-refractivity contribution is -0.172. The molecule has 23 heavy (non-hydrogen) atoms. The number of carboxylic acid groups (broad SMARTS) is 1. The molecule has 0 aromatic carbocycles. The van der Waals surface area contributed by atoms with Crippen LogP contribution in [0.4, 0.5) is 4.79 Å². The summed E-state index contributed by atoms with van der Waals surface area (Å²) in [4.78, 5) is 34.2. The number of aliphatic carboxylic acids is 1. The number of amides is 1. The van der Waals surface area contributed by atoms with Crippen molar-refractivity contribution in [3.63, 3.8) is 0 Å². The number of esters is 1. The molecule has 0 saturated heterocycles. The molecule has 2 N–H and O–H groups in total. The van der Waals surface area contributed by atoms with Gasteiger partial charge in [-0.3, -0.25) is 9.59 Å². The Morgan fingerprint density at radius 1 is 1.17 bits per heavy atom. The number of carbonyl (C=O) groups is 3. The zero-order valence-corrected chi connectivity index (χ0v) is 14.8. The molecule has 0 radical (unpaired) electrons. The molecule has 0 fully saturated rings. The highest BCUT2D eigenvalue weighted by atomic mass is 16.7. The SMILES string of the molecule is CC[C@H](C)C[C@](C)(CC(=O)O)NC(=O)O[C@@H](OC(C)=O)C(C)C. The van der Waals surface area contributed by atoms with Crippen molar-refractivity contribution in [3.8, 4) is 0 Å². The van der Waals surface area contributed by atoms with Crippen LogP contribution >= 0.6 is 0 Å². The van der Waals surface area contributed by atoms with Crippen LogP contribution in [0.2, 0.25) is 0 Å². The van der Waals surface area contributed by atoms with Gasteiger partial charge in [-0.1, -0.05) is 34.1 Å². The van der Waals surface area contributed by atoms with E-state index >= 15 is 0 Å². The van der Waals surface area contributed by atoms with E-state index in [4.69, 9.17) is 14.6 Å². The Balaban J connectivity index is 4.93. The van der Waals surface area contributed by atoms with Crippen molar-refractivity contribution < 1.29 is 29.0 Å². The van der Waals surface area contributed by atoms with Gasteiger partial charge in [-0.05, 0) is 19.3 Å². The summed E-state index contributed by atoms with van der Waals surface area (Å²) in [5.41, 5.74) is -0.934. The van der Waals surface area contributed by atoms with Gasteiger partial charge in [-0.15, -0.1) is 0 Å². The molecular weight excluding hydrogens is 302 g/mol. The van der Waals surface area contributed by atoms with Gasteiger partial charge < -0.3 is 19.9 Å². The fourth-order valence-corrected chi connectivity index (χ4v) is 2.26. The Morgan fingerprint density at radius 2 is 1.74 bits per heavy atom. The second-order valence-electron chi connectivity index (χ2n) is 6.60. The molecule has 0 saturated carbocycles. The van der Waals surface area contributed by atoms with Crippen molar-refractivity contribution in [1.29, 1.82) is 0 Å². The largest absolute Gasteiger partial charge is 0.481 e. The van der Waals surface area contributed by atoms with E-state index in [1.807, 2.05) is 13.8 Å². The molecule has 0 heterocycles. The highest BCUT2D eigenvalue weighted by Crippen LogP contribution is 2.23. The van der Waals surface area contributed by atoms with Crippen LogP contribution in [0.1, 0.15) is 60.8 Å². The van der Waals surface area contributed by atoms with Gasteiger partial charge in [-0.2, -0.15) is 0 Å². The third-order valence-corrected chi connectivity index (χ3v) is 3.49. The van der Waals surface area contributed by atoms with Crippen LogP contribution in [-0.4, -0.2) is 35.0 Å². The van der Waals surface area contributed by atoms with Crippen molar-refractivity contribution in [1.82, 2.24) is 5.32 Å². The van der Waals surface area contributed by atoms with Gasteiger partial charge in [0.05, 0.1) is 12.0 Å². The van der Waals surface area contributed by atoms with E-state index in [0.717, 1.165) is 6.42 Å². The average molecular weight is 331 g/mol. The summed E-state index contributed by atoms with van der Waals surface area (Å²) in [6.45, 7) is 10.4. The molecule has 0 spiro atoms. The number of rotatable bonds is 9. The first-order valence-electron chi connectivity index (χ1n) is 7.87. The van der Waals surface area contributed by atoms with E-state index in [0.29, 0.717) is 6.42 Å². The van der Waals surface area contributed by atoms with Crippen molar-refractivity contribution in [3.05, 3.63) is 0 Å². The lowest BCUT2D eigenvalue weighted by atomic mass is 9.86. The predicted octanol–water partition coefficient (Wildman–Crippen LogP) is 2.93. The molecule has 0 aromatic heterocycles. The Labute approximate surface area is 137 Å². The fraction of sp³-hybridized carbons (Fsp3) is 0.812. The van der Waals surface area contributed by atoms with Crippen molar-refractivity contribution in [2.75, 3.05) is 0 Å². The summed E-state index contributed by atoms with van der Waals surface area (Å²) in [7, 11) is 0. The zero-order valence-electron chi connectivity index (χ0n) is 14.8. The van der Waals surface area contributed by atoms with Crippen molar-refractivity contribution >= 4 is 18.0 Å². The number of hydrogen-bond donors (Lipinski definition) is 2. The molecule has 1 amide bonds. The minimum absolute atomic E-state index is 0.216. The smallest absolute Gasteiger partial charge is 0.410 e. The first-order chi connectivity index (χ1) is 10.5. The number of nitrogens with one attached hydrogen (secondary N) is 1. The van der Waals surface area contributed by atoms with Gasteiger partial charge in [0.25, 0.3) is 6.29 Å². The maximum atomic E-state index is 12.1. The summed E-state index contributed by atoms with van der Waals surface area (Å²) in [5, 5.41) is 11.7. The van der Waals surface area contributed by atoms with E-state index in [1.165, 1.54) is 6.92 Å². The molecule has 0 aliphatic rings. The fourth-order valence-electron chi connectivity index (χ4n) is 2.26. The van der Waals surface area contributed by atoms with Crippen molar-refractivity contribution in [2.45, 2.75) is 72.6 Å². The number of carbonyl (C=O) groups excluding carboxylic acids is 2. The van der Waals surface area contributed by atoms with Gasteiger partial charge in [0, 0.05) is 12.8 Å². The molecule has 0 unspecified atom stereocenters. The first kappa shape index (κ1) is 21.2. The standard InChI is InChI=1S/C16H29NO6/c1-7-11(4)8-16(6,9-13(19)20)17-15(21)23-14(10(2)3)22-12(5)18/h10-11,14H,7-9H2,1-6H3,(H,17,21)(H,19,20)/t11-,14+,16+/m0/s1. The van der Waals surface area contributed by atoms with Crippen LogP contribution in [0, 0.1) is 11.8 Å². The number of carboxylic acids is 1. The molecule has 7 heteroatoms. The summed E-state index contributed by atoms with van der Waals surface area (Å²) in [6, 6.07) is 0. The topological polar surface area (TPSA) is 102 Å². The van der Waals surface area contributed by atoms with Crippen LogP contribution < -0.4 is 5.32 Å². The Bertz CT molecular complexity index is 423. The Hall–Kier alpha value is -1.79. The van der Waals surface area contributed by atoms with Crippen molar-refractivity contribution in [2.24, 2.45) is 11.8 Å². The third kappa shape index (κ3) is 9.05. The lowest BCUT2D eigenvalue weighted by Gasteiger charge is -2.32. The maximum absolute atomic E-state index is 12.1. The van der Waals surface area contributed by atoms with Crippen LogP contribution in [-0.2, 0) is 19.1 Å². The molecule has 0 rings (SSSR count). The molecule has 7 nitrogen and oxygen atoms in total. The van der Waals surface area contributed by atoms with Crippen LogP contribution in [0.5, 0.6) is 0 Å². The van der Waals surface area contributed by atoms with Gasteiger partial charge in [0.2, 0.25) is 0 Å². The molecule has 134 valence electrons. The Kier molecular flexibility index (Phi) is 8.64. The van der Waals surface area contributed by atoms with Crippen LogP contribution in [0.3, 0.4) is 0 Å². The van der Waals surface area contributed by atoms with Gasteiger partial charge in [0.15, 0.2) is 0 Å². The lowest BCUT2D eigenvalue weighted by Crippen LogP contribution is -2.50. The van der Waals surface area contributed by atoms with E-state index in [1.54, 1.807) is 20.8 Å². The highest BCUT2D eigenvalue weighted by Gasteiger charge is 2.33. The molecular formula is C16H29NO6. The second-order valence-corrected chi connectivity index (χ2v) is 6.60. The quantitative estimate of drug-likeness (QED) is 0.497. The number of ether oxygens (including phenoxy) is 2. The van der Waals surface area contributed by atoms with E-state index < -0.39 is 29.9 Å². The molecule has 0 bridgehead atoms. The van der Waals surface area contributed by atoms with E-state index in [2.05, 4.69) is 5.32 Å². The summed E-state index contributed by atoms with van der Waals surface area (Å²) in [5.74, 6) is -1.53. The Morgan fingerprint density at radius 3 is 2.13 bits per heavy atom. The minimum Gasteiger partial charge on any atom is -0.481 e. The van der Waals surface area contributed by atoms with Crippen LogP contribution in [0.15, 0.2) is 0 Å². The van der Waals surface area contributed by atoms with E-state index in [-0.39, 0.29) is 18.3 Å². The minimum atomic E-state index is -1.01. The predicted molar refractivity (Wildman–Crippen MR) is 84.7 cm³/mol. The molecule has 0 aliphatic heterocycles. The highest BCUT2D eigenvalue weighted by molar-refractivity contribution is 5.73. The van der Waals surface area contributed by atoms with Crippen LogP contribution in [0.25, 0.3) is 0 Å². The normalized spacial score (nSPS) is 16.1. The second kappa shape index (κ2) is 9.37. The average Bonchev–Trinajstić information content (AvgIpc) is 2.35. The molecule has 0 aliphatic carbocycles. The zero-order chi connectivity index (χ0) is 18.2. The van der Waals surface area contributed by atoms with E-state index in [9.17, 15) is 14.4 Å². The van der Waals surface area contributed by atoms with Gasteiger partial charge >= 0.3 is 18.0 Å². The molecule has 3 atom stereocenters. The molecule has 0 aromatic rings. The van der Waals surface area contributed by atoms with Gasteiger partial charge in [-0.25, -0.2) is 4.79 Å². The third-order valence-electron chi connectivity index (χ3n) is 3.49. The number of hydrogen-bond acceptors (Lipinski definition) is 5.